The number of amides is 2. The summed E-state index contributed by atoms with van der Waals surface area (Å²) in [4.78, 5) is 27.0. The number of carbonyl (C=O) groups is 2. The molecule has 0 aromatic heterocycles. The van der Waals surface area contributed by atoms with E-state index in [4.69, 9.17) is 11.6 Å². The summed E-state index contributed by atoms with van der Waals surface area (Å²) >= 11 is 6.05. The Hall–Kier alpha value is -3.11. The molecule has 5 heteroatoms. The molecule has 1 heterocycles. The number of nitrogens with zero attached hydrogens (tertiary/aromatic N) is 1. The minimum absolute atomic E-state index is 0.0532. The van der Waals surface area contributed by atoms with Crippen LogP contribution in [0.5, 0.6) is 0 Å². The van der Waals surface area contributed by atoms with E-state index in [1.54, 1.807) is 17.0 Å². The molecule has 0 saturated carbocycles. The predicted molar refractivity (Wildman–Crippen MR) is 120 cm³/mol. The van der Waals surface area contributed by atoms with Gasteiger partial charge in [-0.25, -0.2) is 0 Å². The lowest BCUT2D eigenvalue weighted by Crippen LogP contribution is -2.35. The lowest BCUT2D eigenvalue weighted by atomic mass is 9.91. The molecule has 4 nitrogen and oxygen atoms in total. The Labute approximate surface area is 181 Å². The van der Waals surface area contributed by atoms with Crippen molar-refractivity contribution in [2.75, 3.05) is 18.0 Å². The molecule has 0 bridgehead atoms. The van der Waals surface area contributed by atoms with E-state index in [1.165, 1.54) is 0 Å². The van der Waals surface area contributed by atoms with Gasteiger partial charge in [-0.2, -0.15) is 0 Å². The molecule has 1 fully saturated rings. The van der Waals surface area contributed by atoms with Crippen molar-refractivity contribution in [3.63, 3.8) is 0 Å². The van der Waals surface area contributed by atoms with Crippen molar-refractivity contribution < 1.29 is 9.59 Å². The van der Waals surface area contributed by atoms with Crippen molar-refractivity contribution in [1.29, 1.82) is 0 Å². The zero-order chi connectivity index (χ0) is 20.9. The Balaban J connectivity index is 1.45. The van der Waals surface area contributed by atoms with E-state index in [9.17, 15) is 9.59 Å². The fourth-order valence-electron chi connectivity index (χ4n) is 3.92. The van der Waals surface area contributed by atoms with Crippen LogP contribution in [0.1, 0.15) is 23.5 Å². The molecular formula is C25H23ClN2O2. The Morgan fingerprint density at radius 1 is 0.967 bits per heavy atom. The third kappa shape index (κ3) is 4.55. The monoisotopic (exact) mass is 418 g/mol. The summed E-state index contributed by atoms with van der Waals surface area (Å²) in [6, 6.07) is 27.4. The SMILES string of the molecule is O=C(NCC(c1ccccc1)c1ccccc1)[C@H]1CC(=O)N(c2cccc(Cl)c2)C1. The zero-order valence-electron chi connectivity index (χ0n) is 16.5. The molecule has 1 N–H and O–H groups in total. The smallest absolute Gasteiger partial charge is 0.227 e. The standard InChI is InChI=1S/C25H23ClN2O2/c26-21-12-7-13-22(15-21)28-17-20(14-24(28)29)25(30)27-16-23(18-8-3-1-4-9-18)19-10-5-2-6-11-19/h1-13,15,20,23H,14,16-17H2,(H,27,30)/t20-/m0/s1. The molecule has 152 valence electrons. The van der Waals surface area contributed by atoms with Gasteiger partial charge >= 0.3 is 0 Å². The molecule has 30 heavy (non-hydrogen) atoms. The summed E-state index contributed by atoms with van der Waals surface area (Å²) in [5.41, 5.74) is 3.02. The van der Waals surface area contributed by atoms with Crippen LogP contribution < -0.4 is 10.2 Å². The average Bonchev–Trinajstić information content (AvgIpc) is 3.17. The van der Waals surface area contributed by atoms with Gasteiger partial charge in [-0.15, -0.1) is 0 Å². The normalized spacial score (nSPS) is 16.1. The van der Waals surface area contributed by atoms with Crippen molar-refractivity contribution in [2.24, 2.45) is 5.92 Å². The summed E-state index contributed by atoms with van der Waals surface area (Å²) in [7, 11) is 0. The second kappa shape index (κ2) is 9.14. The number of anilines is 1. The molecule has 3 aromatic rings. The van der Waals surface area contributed by atoms with Gasteiger partial charge in [0.05, 0.1) is 5.92 Å². The third-order valence-corrected chi connectivity index (χ3v) is 5.74. The fraction of sp³-hybridized carbons (Fsp3) is 0.200. The number of benzene rings is 3. The highest BCUT2D eigenvalue weighted by Gasteiger charge is 2.35. The molecule has 0 radical (unpaired) electrons. The molecule has 1 aliphatic heterocycles. The molecule has 4 rings (SSSR count). The molecule has 1 aliphatic rings. The number of rotatable bonds is 6. The van der Waals surface area contributed by atoms with Gasteiger partial charge in [0.1, 0.15) is 0 Å². The van der Waals surface area contributed by atoms with Crippen LogP contribution in [-0.4, -0.2) is 24.9 Å². The van der Waals surface area contributed by atoms with Crippen molar-refractivity contribution >= 4 is 29.1 Å². The van der Waals surface area contributed by atoms with Crippen LogP contribution in [0.15, 0.2) is 84.9 Å². The lowest BCUT2D eigenvalue weighted by molar-refractivity contribution is -0.126. The Bertz CT molecular complexity index is 984. The summed E-state index contributed by atoms with van der Waals surface area (Å²) in [6.45, 7) is 0.848. The second-order valence-electron chi connectivity index (χ2n) is 7.50. The van der Waals surface area contributed by atoms with Gasteiger partial charge in [-0.05, 0) is 29.3 Å². The minimum Gasteiger partial charge on any atom is -0.355 e. The Morgan fingerprint density at radius 3 is 2.20 bits per heavy atom. The average molecular weight is 419 g/mol. The van der Waals surface area contributed by atoms with Crippen molar-refractivity contribution in [2.45, 2.75) is 12.3 Å². The van der Waals surface area contributed by atoms with Gasteiger partial charge in [0.15, 0.2) is 0 Å². The van der Waals surface area contributed by atoms with Gasteiger partial charge in [0.2, 0.25) is 11.8 Å². The second-order valence-corrected chi connectivity index (χ2v) is 7.94. The van der Waals surface area contributed by atoms with E-state index in [1.807, 2.05) is 48.5 Å². The lowest BCUT2D eigenvalue weighted by Gasteiger charge is -2.20. The summed E-state index contributed by atoms with van der Waals surface area (Å²) in [6.07, 6.45) is 0.208. The molecule has 2 amide bonds. The molecule has 1 atom stereocenters. The van der Waals surface area contributed by atoms with Crippen molar-refractivity contribution in [3.05, 3.63) is 101 Å². The zero-order valence-corrected chi connectivity index (χ0v) is 17.3. The summed E-state index contributed by atoms with van der Waals surface area (Å²) < 4.78 is 0. The van der Waals surface area contributed by atoms with Crippen LogP contribution in [0.25, 0.3) is 0 Å². The molecule has 3 aromatic carbocycles. The maximum absolute atomic E-state index is 12.9. The van der Waals surface area contributed by atoms with E-state index in [2.05, 4.69) is 29.6 Å². The summed E-state index contributed by atoms with van der Waals surface area (Å²) in [5.74, 6) is -0.467. The Morgan fingerprint density at radius 2 is 1.60 bits per heavy atom. The quantitative estimate of drug-likeness (QED) is 0.633. The fourth-order valence-corrected chi connectivity index (χ4v) is 4.11. The van der Waals surface area contributed by atoms with E-state index in [0.717, 1.165) is 16.8 Å². The topological polar surface area (TPSA) is 49.4 Å². The maximum atomic E-state index is 12.9. The van der Waals surface area contributed by atoms with Gasteiger partial charge in [-0.3, -0.25) is 9.59 Å². The first-order valence-electron chi connectivity index (χ1n) is 10.1. The van der Waals surface area contributed by atoms with E-state index in [-0.39, 0.29) is 30.1 Å². The van der Waals surface area contributed by atoms with Gasteiger partial charge < -0.3 is 10.2 Å². The number of hydrogen-bond acceptors (Lipinski definition) is 2. The van der Waals surface area contributed by atoms with Crippen LogP contribution >= 0.6 is 11.6 Å². The molecular weight excluding hydrogens is 396 g/mol. The van der Waals surface area contributed by atoms with Gasteiger partial charge in [-0.1, -0.05) is 78.3 Å². The highest BCUT2D eigenvalue weighted by molar-refractivity contribution is 6.31. The first-order valence-corrected chi connectivity index (χ1v) is 10.4. The molecule has 0 spiro atoms. The van der Waals surface area contributed by atoms with Crippen LogP contribution in [0.2, 0.25) is 5.02 Å². The van der Waals surface area contributed by atoms with Crippen molar-refractivity contribution in [3.8, 4) is 0 Å². The highest BCUT2D eigenvalue weighted by Crippen LogP contribution is 2.28. The van der Waals surface area contributed by atoms with Crippen LogP contribution in [0.4, 0.5) is 5.69 Å². The number of carbonyl (C=O) groups excluding carboxylic acids is 2. The Kier molecular flexibility index (Phi) is 6.15. The molecule has 0 aliphatic carbocycles. The number of nitrogens with one attached hydrogen (secondary N) is 1. The molecule has 1 saturated heterocycles. The van der Waals surface area contributed by atoms with Crippen LogP contribution in [0.3, 0.4) is 0 Å². The first-order chi connectivity index (χ1) is 14.6. The number of hydrogen-bond donors (Lipinski definition) is 1. The number of halogens is 1. The van der Waals surface area contributed by atoms with Crippen molar-refractivity contribution in [1.82, 2.24) is 5.32 Å². The highest BCUT2D eigenvalue weighted by atomic mass is 35.5. The first kappa shape index (κ1) is 20.2. The molecule has 0 unspecified atom stereocenters. The van der Waals surface area contributed by atoms with Crippen LogP contribution in [-0.2, 0) is 9.59 Å². The van der Waals surface area contributed by atoms with Gasteiger partial charge in [0, 0.05) is 36.1 Å². The van der Waals surface area contributed by atoms with Crippen LogP contribution in [0, 0.1) is 5.92 Å². The van der Waals surface area contributed by atoms with Gasteiger partial charge in [0.25, 0.3) is 0 Å². The maximum Gasteiger partial charge on any atom is 0.227 e. The summed E-state index contributed by atoms with van der Waals surface area (Å²) in [5, 5.41) is 3.65. The van der Waals surface area contributed by atoms with E-state index < -0.39 is 0 Å². The third-order valence-electron chi connectivity index (χ3n) is 5.50. The minimum atomic E-state index is -0.372. The largest absolute Gasteiger partial charge is 0.355 e. The predicted octanol–water partition coefficient (Wildman–Crippen LogP) is 4.64. The van der Waals surface area contributed by atoms with E-state index >= 15 is 0 Å². The van der Waals surface area contributed by atoms with E-state index in [0.29, 0.717) is 18.1 Å².